The number of nitrogens with one attached hydrogen (secondary N) is 5. The van der Waals surface area contributed by atoms with E-state index >= 15 is 0 Å². The summed E-state index contributed by atoms with van der Waals surface area (Å²) in [4.78, 5) is 88.5. The number of unbranched alkanes of at least 4 members (excludes halogenated alkanes) is 1. The molecule has 1 aliphatic carbocycles. The molecule has 1 saturated carbocycles. The van der Waals surface area contributed by atoms with Gasteiger partial charge in [-0.3, -0.25) is 33.6 Å². The quantitative estimate of drug-likeness (QED) is 0.0669. The van der Waals surface area contributed by atoms with Crippen LogP contribution >= 0.6 is 0 Å². The number of esters is 1. The summed E-state index contributed by atoms with van der Waals surface area (Å²) in [6.45, 7) is 9.28. The van der Waals surface area contributed by atoms with E-state index in [0.717, 1.165) is 44.9 Å². The van der Waals surface area contributed by atoms with E-state index in [1.807, 2.05) is 6.92 Å². The molecule has 262 valence electrons. The van der Waals surface area contributed by atoms with Gasteiger partial charge in [-0.05, 0) is 57.8 Å². The number of ether oxygens (including phenoxy) is 1. The molecule has 0 heterocycles. The van der Waals surface area contributed by atoms with Crippen molar-refractivity contribution in [3.63, 3.8) is 0 Å². The highest BCUT2D eigenvalue weighted by molar-refractivity contribution is 6.38. The summed E-state index contributed by atoms with van der Waals surface area (Å²) in [5.41, 5.74) is 0. The topological polar surface area (TPSA) is 189 Å². The van der Waals surface area contributed by atoms with E-state index < -0.39 is 60.1 Å². The average molecular weight is 652 g/mol. The fourth-order valence-corrected chi connectivity index (χ4v) is 5.24. The van der Waals surface area contributed by atoms with Crippen molar-refractivity contribution in [2.24, 2.45) is 11.8 Å². The normalized spacial score (nSPS) is 15.8. The third-order valence-corrected chi connectivity index (χ3v) is 8.09. The lowest BCUT2D eigenvalue weighted by molar-refractivity contribution is -0.146. The standard InChI is InChI=1S/C33H57N5O8/c1-6-9-19-34-26(39)18-13-15-22(4)30(42)38-28(24-16-11-10-12-17-24)32(44)36-23(5)31(43)37-25(14-7-2)29(41)33(45)35-21-27(40)46-20-8-3/h22-25,28H,6-21H2,1-5H3,(H,34,39)(H,35,45)(H,36,44)(H,37,43)(H,38,42)/t22-,23-,25?,28-/m0/s1. The number of ketones is 1. The van der Waals surface area contributed by atoms with Gasteiger partial charge in [0.05, 0.1) is 12.6 Å². The minimum atomic E-state index is -1.15. The second-order valence-corrected chi connectivity index (χ2v) is 12.2. The van der Waals surface area contributed by atoms with Crippen LogP contribution in [0.4, 0.5) is 0 Å². The summed E-state index contributed by atoms with van der Waals surface area (Å²) in [7, 11) is 0. The zero-order valence-corrected chi connectivity index (χ0v) is 28.5. The van der Waals surface area contributed by atoms with Gasteiger partial charge >= 0.3 is 5.97 Å². The fourth-order valence-electron chi connectivity index (χ4n) is 5.24. The second-order valence-electron chi connectivity index (χ2n) is 12.2. The smallest absolute Gasteiger partial charge is 0.325 e. The highest BCUT2D eigenvalue weighted by Crippen LogP contribution is 2.27. The van der Waals surface area contributed by atoms with Crippen LogP contribution in [0, 0.1) is 11.8 Å². The number of Topliss-reactive ketones (excluding diaryl/α,β-unsaturated/α-hetero) is 1. The van der Waals surface area contributed by atoms with Crippen molar-refractivity contribution in [2.45, 2.75) is 136 Å². The first-order chi connectivity index (χ1) is 21.9. The Bertz CT molecular complexity index is 1010. The highest BCUT2D eigenvalue weighted by atomic mass is 16.5. The molecule has 0 aliphatic heterocycles. The monoisotopic (exact) mass is 651 g/mol. The van der Waals surface area contributed by atoms with E-state index in [4.69, 9.17) is 4.74 Å². The molecule has 5 amide bonds. The van der Waals surface area contributed by atoms with E-state index in [-0.39, 0.29) is 30.8 Å². The van der Waals surface area contributed by atoms with Gasteiger partial charge in [0, 0.05) is 18.9 Å². The van der Waals surface area contributed by atoms with E-state index in [0.29, 0.717) is 38.6 Å². The number of hydrogen-bond acceptors (Lipinski definition) is 8. The number of carbonyl (C=O) groups excluding carboxylic acids is 7. The van der Waals surface area contributed by atoms with Gasteiger partial charge in [0.2, 0.25) is 29.4 Å². The van der Waals surface area contributed by atoms with Gasteiger partial charge in [-0.2, -0.15) is 0 Å². The first kappa shape index (κ1) is 40.5. The summed E-state index contributed by atoms with van der Waals surface area (Å²) in [6.07, 6.45) is 9.00. The van der Waals surface area contributed by atoms with Crippen LogP contribution in [0.2, 0.25) is 0 Å². The lowest BCUT2D eigenvalue weighted by Crippen LogP contribution is -2.58. The molecular weight excluding hydrogens is 594 g/mol. The van der Waals surface area contributed by atoms with Crippen LogP contribution in [0.25, 0.3) is 0 Å². The molecule has 0 aromatic rings. The van der Waals surface area contributed by atoms with Crippen LogP contribution in [-0.2, 0) is 38.3 Å². The molecule has 13 heteroatoms. The first-order valence-electron chi connectivity index (χ1n) is 17.1. The third kappa shape index (κ3) is 15.7. The van der Waals surface area contributed by atoms with Crippen LogP contribution in [0.5, 0.6) is 0 Å². The predicted molar refractivity (Wildman–Crippen MR) is 173 cm³/mol. The minimum Gasteiger partial charge on any atom is -0.464 e. The van der Waals surface area contributed by atoms with Crippen LogP contribution < -0.4 is 26.6 Å². The third-order valence-electron chi connectivity index (χ3n) is 8.09. The Morgan fingerprint density at radius 2 is 1.43 bits per heavy atom. The Kier molecular flexibility index (Phi) is 20.2. The maximum Gasteiger partial charge on any atom is 0.325 e. The molecule has 0 bridgehead atoms. The van der Waals surface area contributed by atoms with Crippen molar-refractivity contribution in [3.05, 3.63) is 0 Å². The Morgan fingerprint density at radius 1 is 0.739 bits per heavy atom. The molecule has 5 N–H and O–H groups in total. The van der Waals surface area contributed by atoms with Gasteiger partial charge in [-0.1, -0.05) is 59.8 Å². The van der Waals surface area contributed by atoms with Crippen molar-refractivity contribution >= 4 is 41.3 Å². The summed E-state index contributed by atoms with van der Waals surface area (Å²) in [5, 5.41) is 13.2. The molecule has 0 saturated heterocycles. The molecule has 1 unspecified atom stereocenters. The van der Waals surface area contributed by atoms with E-state index in [1.165, 1.54) is 6.92 Å². The lowest BCUT2D eigenvalue weighted by Gasteiger charge is -2.31. The first-order valence-corrected chi connectivity index (χ1v) is 17.1. The van der Waals surface area contributed by atoms with Gasteiger partial charge in [0.15, 0.2) is 0 Å². The number of hydrogen-bond donors (Lipinski definition) is 5. The Labute approximate surface area is 273 Å². The molecular formula is C33H57N5O8. The highest BCUT2D eigenvalue weighted by Gasteiger charge is 2.34. The molecule has 0 spiro atoms. The summed E-state index contributed by atoms with van der Waals surface area (Å²) < 4.78 is 4.89. The molecule has 0 aromatic heterocycles. The molecule has 1 rings (SSSR count). The number of rotatable bonds is 22. The summed E-state index contributed by atoms with van der Waals surface area (Å²) >= 11 is 0. The van der Waals surface area contributed by atoms with Crippen molar-refractivity contribution < 1.29 is 38.3 Å². The lowest BCUT2D eigenvalue weighted by atomic mass is 9.83. The number of amides is 5. The van der Waals surface area contributed by atoms with Crippen molar-refractivity contribution in [1.82, 2.24) is 26.6 Å². The van der Waals surface area contributed by atoms with E-state index in [2.05, 4.69) is 33.5 Å². The summed E-state index contributed by atoms with van der Waals surface area (Å²) in [5.74, 6) is -4.57. The van der Waals surface area contributed by atoms with Crippen LogP contribution in [0.1, 0.15) is 118 Å². The zero-order chi connectivity index (χ0) is 34.5. The number of carbonyl (C=O) groups is 7. The molecule has 46 heavy (non-hydrogen) atoms. The predicted octanol–water partition coefficient (Wildman–Crippen LogP) is 2.20. The van der Waals surface area contributed by atoms with E-state index in [9.17, 15) is 33.6 Å². The van der Waals surface area contributed by atoms with Crippen LogP contribution in [0.15, 0.2) is 0 Å². The van der Waals surface area contributed by atoms with Gasteiger partial charge in [0.1, 0.15) is 18.6 Å². The Balaban J connectivity index is 2.78. The zero-order valence-electron chi connectivity index (χ0n) is 28.5. The van der Waals surface area contributed by atoms with Crippen molar-refractivity contribution in [1.29, 1.82) is 0 Å². The van der Waals surface area contributed by atoms with Crippen LogP contribution in [0.3, 0.4) is 0 Å². The van der Waals surface area contributed by atoms with Gasteiger partial charge < -0.3 is 31.3 Å². The molecule has 4 atom stereocenters. The molecule has 1 fully saturated rings. The fraction of sp³-hybridized carbons (Fsp3) is 0.788. The SMILES string of the molecule is CCCCNC(=O)CCC[C@H](C)C(=O)N[C@H](C(=O)N[C@@H](C)C(=O)NC(CCC)C(=O)C(=O)NCC(=O)OCCC)C1CCCCC1. The van der Waals surface area contributed by atoms with E-state index in [1.54, 1.807) is 13.8 Å². The minimum absolute atomic E-state index is 0.0385. The van der Waals surface area contributed by atoms with Gasteiger partial charge in [0.25, 0.3) is 5.91 Å². The van der Waals surface area contributed by atoms with Crippen LogP contribution in [-0.4, -0.2) is 79.1 Å². The van der Waals surface area contributed by atoms with Crippen molar-refractivity contribution in [2.75, 3.05) is 19.7 Å². The van der Waals surface area contributed by atoms with Gasteiger partial charge in [-0.15, -0.1) is 0 Å². The molecule has 0 aromatic carbocycles. The molecule has 1 aliphatic rings. The Hall–Kier alpha value is -3.51. The summed E-state index contributed by atoms with van der Waals surface area (Å²) in [6, 6.07) is -3.04. The largest absolute Gasteiger partial charge is 0.464 e. The van der Waals surface area contributed by atoms with Gasteiger partial charge in [-0.25, -0.2) is 0 Å². The second kappa shape index (κ2) is 22.9. The maximum atomic E-state index is 13.5. The molecule has 0 radical (unpaired) electrons. The Morgan fingerprint density at radius 3 is 2.07 bits per heavy atom. The molecule has 13 nitrogen and oxygen atoms in total. The van der Waals surface area contributed by atoms with Crippen molar-refractivity contribution in [3.8, 4) is 0 Å². The maximum absolute atomic E-state index is 13.5. The average Bonchev–Trinajstić information content (AvgIpc) is 3.04.